The summed E-state index contributed by atoms with van der Waals surface area (Å²) < 4.78 is 6.27. The second-order valence-corrected chi connectivity index (χ2v) is 4.18. The fraction of sp³-hybridized carbons (Fsp3) is 0.500. The molecule has 0 atom stereocenters. The molecule has 0 bridgehead atoms. The zero-order valence-electron chi connectivity index (χ0n) is 5.23. The number of methoxy groups -OCH3 is 1. The predicted molar refractivity (Wildman–Crippen MR) is 43.3 cm³/mol. The van der Waals surface area contributed by atoms with Gasteiger partial charge in [-0.25, -0.2) is 0 Å². The number of rotatable bonds is 3. The highest BCUT2D eigenvalue weighted by Crippen LogP contribution is 2.21. The Hall–Kier alpha value is 0.0900. The molecule has 0 radical (unpaired) electrons. The van der Waals surface area contributed by atoms with Crippen molar-refractivity contribution < 1.29 is 4.74 Å². The molecule has 10 heavy (non-hydrogen) atoms. The van der Waals surface area contributed by atoms with Crippen LogP contribution in [0.25, 0.3) is 0 Å². The normalized spacial score (nSPS) is 10.1. The summed E-state index contributed by atoms with van der Waals surface area (Å²) in [4.78, 5) is 0. The quantitative estimate of drug-likeness (QED) is 0.408. The third kappa shape index (κ3) is 2.37. The monoisotopic (exact) mass is 193 g/mol. The van der Waals surface area contributed by atoms with Crippen molar-refractivity contribution >= 4 is 35.7 Å². The van der Waals surface area contributed by atoms with E-state index in [1.807, 2.05) is 0 Å². The van der Waals surface area contributed by atoms with Gasteiger partial charge in [-0.3, -0.25) is 0 Å². The van der Waals surface area contributed by atoms with Crippen LogP contribution in [0, 0.1) is 0 Å². The lowest BCUT2D eigenvalue weighted by atomic mass is 11.5. The Bertz CT molecular complexity index is 202. The lowest BCUT2D eigenvalue weighted by Crippen LogP contribution is -1.79. The number of aromatic nitrogens is 2. The summed E-state index contributed by atoms with van der Waals surface area (Å²) in [5.41, 5.74) is 0. The maximum absolute atomic E-state index is 4.82. The Morgan fingerprint density at radius 2 is 2.50 bits per heavy atom. The van der Waals surface area contributed by atoms with Crippen molar-refractivity contribution in [3.05, 3.63) is 0 Å². The minimum atomic E-state index is 0.582. The standard InChI is InChI=1S/C4H6N2OS3/c1-7-2-9-4-6-5-3(8)10-4/h2H2,1H3,(H,5,8)/p-1. The van der Waals surface area contributed by atoms with Crippen molar-refractivity contribution in [1.29, 1.82) is 0 Å². The molecule has 0 aliphatic carbocycles. The van der Waals surface area contributed by atoms with Gasteiger partial charge in [0.05, 0.1) is 10.3 Å². The van der Waals surface area contributed by atoms with Crippen LogP contribution < -0.4 is 0 Å². The van der Waals surface area contributed by atoms with E-state index in [-0.39, 0.29) is 0 Å². The third-order valence-electron chi connectivity index (χ3n) is 0.688. The Morgan fingerprint density at radius 3 is 3.00 bits per heavy atom. The maximum atomic E-state index is 4.82. The molecular weight excluding hydrogens is 188 g/mol. The predicted octanol–water partition coefficient (Wildman–Crippen LogP) is 1.14. The van der Waals surface area contributed by atoms with Gasteiger partial charge in [0.15, 0.2) is 0 Å². The maximum Gasteiger partial charge on any atom is 0.0971 e. The fourth-order valence-electron chi connectivity index (χ4n) is 0.365. The first kappa shape index (κ1) is 8.19. The molecule has 1 aromatic heterocycles. The molecule has 0 saturated carbocycles. The van der Waals surface area contributed by atoms with Gasteiger partial charge in [-0.15, -0.1) is 0 Å². The highest BCUT2D eigenvalue weighted by molar-refractivity contribution is 8.00. The molecular formula is C4H5N2OS3-. The molecule has 0 spiro atoms. The zero-order chi connectivity index (χ0) is 7.40. The first-order valence-electron chi connectivity index (χ1n) is 2.45. The van der Waals surface area contributed by atoms with E-state index in [2.05, 4.69) is 10.2 Å². The van der Waals surface area contributed by atoms with E-state index >= 15 is 0 Å². The number of hydrogen-bond acceptors (Lipinski definition) is 6. The van der Waals surface area contributed by atoms with Crippen LogP contribution in [0.1, 0.15) is 0 Å². The van der Waals surface area contributed by atoms with Gasteiger partial charge in [-0.2, -0.15) is 10.2 Å². The summed E-state index contributed by atoms with van der Waals surface area (Å²) >= 11 is 7.67. The molecule has 0 aromatic carbocycles. The lowest BCUT2D eigenvalue weighted by molar-refractivity contribution is 0.259. The number of nitrogens with zero attached hydrogens (tertiary/aromatic N) is 2. The van der Waals surface area contributed by atoms with Gasteiger partial charge in [-0.1, -0.05) is 11.8 Å². The lowest BCUT2D eigenvalue weighted by Gasteiger charge is -1.94. The van der Waals surface area contributed by atoms with Gasteiger partial charge >= 0.3 is 0 Å². The van der Waals surface area contributed by atoms with Crippen molar-refractivity contribution in [1.82, 2.24) is 10.2 Å². The summed E-state index contributed by atoms with van der Waals surface area (Å²) in [5.74, 6) is 0.601. The van der Waals surface area contributed by atoms with E-state index in [0.717, 1.165) is 4.34 Å². The second-order valence-electron chi connectivity index (χ2n) is 1.38. The van der Waals surface area contributed by atoms with E-state index in [1.54, 1.807) is 7.11 Å². The van der Waals surface area contributed by atoms with Crippen LogP contribution >= 0.6 is 23.1 Å². The second kappa shape index (κ2) is 4.07. The zero-order valence-corrected chi connectivity index (χ0v) is 7.68. The summed E-state index contributed by atoms with van der Waals surface area (Å²) in [6.07, 6.45) is 0. The van der Waals surface area contributed by atoms with Crippen LogP contribution in [0.3, 0.4) is 0 Å². The third-order valence-corrected chi connectivity index (χ3v) is 2.82. The first-order valence-corrected chi connectivity index (χ1v) is 4.66. The van der Waals surface area contributed by atoms with Gasteiger partial charge in [0.25, 0.3) is 0 Å². The van der Waals surface area contributed by atoms with E-state index in [0.29, 0.717) is 10.3 Å². The summed E-state index contributed by atoms with van der Waals surface area (Å²) in [5, 5.41) is 7.48. The van der Waals surface area contributed by atoms with Crippen LogP contribution in [0.2, 0.25) is 0 Å². The molecule has 0 saturated heterocycles. The molecule has 6 heteroatoms. The smallest absolute Gasteiger partial charge is 0.0971 e. The minimum Gasteiger partial charge on any atom is -0.406 e. The van der Waals surface area contributed by atoms with E-state index in [4.69, 9.17) is 17.4 Å². The van der Waals surface area contributed by atoms with Gasteiger partial charge in [0, 0.05) is 7.11 Å². The van der Waals surface area contributed by atoms with E-state index in [9.17, 15) is 0 Å². The first-order chi connectivity index (χ1) is 4.83. The van der Waals surface area contributed by atoms with Crippen molar-refractivity contribution in [2.24, 2.45) is 0 Å². The average Bonchev–Trinajstić information content (AvgIpc) is 2.31. The Labute approximate surface area is 72.6 Å². The Kier molecular flexibility index (Phi) is 3.33. The molecule has 0 aliphatic rings. The molecule has 0 aliphatic heterocycles. The highest BCUT2D eigenvalue weighted by atomic mass is 32.2. The van der Waals surface area contributed by atoms with Gasteiger partial charge in [0.2, 0.25) is 0 Å². The Balaban J connectivity index is 2.42. The number of ether oxygens (including phenoxy) is 1. The van der Waals surface area contributed by atoms with Crippen molar-refractivity contribution in [3.63, 3.8) is 0 Å². The Morgan fingerprint density at radius 1 is 1.70 bits per heavy atom. The number of hydrogen-bond donors (Lipinski definition) is 0. The van der Waals surface area contributed by atoms with Crippen molar-refractivity contribution in [2.75, 3.05) is 13.0 Å². The van der Waals surface area contributed by atoms with Gasteiger partial charge in [-0.05, 0) is 4.34 Å². The largest absolute Gasteiger partial charge is 0.406 e. The molecule has 1 heterocycles. The molecule has 1 aromatic rings. The highest BCUT2D eigenvalue weighted by Gasteiger charge is 1.90. The van der Waals surface area contributed by atoms with E-state index in [1.165, 1.54) is 23.1 Å². The molecule has 0 amide bonds. The molecule has 3 nitrogen and oxygen atoms in total. The van der Waals surface area contributed by atoms with Crippen LogP contribution in [0.15, 0.2) is 8.68 Å². The van der Waals surface area contributed by atoms with Crippen LogP contribution in [-0.2, 0) is 17.4 Å². The van der Waals surface area contributed by atoms with Gasteiger partial charge in [0.1, 0.15) is 0 Å². The molecule has 0 N–H and O–H groups in total. The molecule has 56 valence electrons. The van der Waals surface area contributed by atoms with Crippen LogP contribution in [0.5, 0.6) is 0 Å². The van der Waals surface area contributed by atoms with E-state index < -0.39 is 0 Å². The topological polar surface area (TPSA) is 35.0 Å². The van der Waals surface area contributed by atoms with Crippen LogP contribution in [0.4, 0.5) is 0 Å². The van der Waals surface area contributed by atoms with Crippen molar-refractivity contribution in [2.45, 2.75) is 8.68 Å². The number of thioether (sulfide) groups is 1. The molecule has 1 rings (SSSR count). The summed E-state index contributed by atoms with van der Waals surface area (Å²) in [6.45, 7) is 0. The summed E-state index contributed by atoms with van der Waals surface area (Å²) in [6, 6.07) is 0. The molecule has 0 unspecified atom stereocenters. The fourth-order valence-corrected chi connectivity index (χ4v) is 2.05. The molecule has 0 fully saturated rings. The summed E-state index contributed by atoms with van der Waals surface area (Å²) in [7, 11) is 1.64. The van der Waals surface area contributed by atoms with Crippen LogP contribution in [-0.4, -0.2) is 23.2 Å². The van der Waals surface area contributed by atoms with Gasteiger partial charge < -0.3 is 28.7 Å². The SMILES string of the molecule is COCSc1nnc([S-])s1. The van der Waals surface area contributed by atoms with Crippen molar-refractivity contribution in [3.8, 4) is 0 Å². The average molecular weight is 193 g/mol. The minimum absolute atomic E-state index is 0.582.